The molecule has 1 aromatic carbocycles. The Morgan fingerprint density at radius 3 is 2.71 bits per heavy atom. The van der Waals surface area contributed by atoms with E-state index in [1.54, 1.807) is 35.2 Å². The highest BCUT2D eigenvalue weighted by molar-refractivity contribution is 5.95. The van der Waals surface area contributed by atoms with Crippen molar-refractivity contribution in [1.29, 1.82) is 0 Å². The van der Waals surface area contributed by atoms with E-state index in [4.69, 9.17) is 4.74 Å². The molecule has 4 heterocycles. The topological polar surface area (TPSA) is 87.7 Å². The van der Waals surface area contributed by atoms with Gasteiger partial charge in [-0.1, -0.05) is 6.07 Å². The number of nitrogens with zero attached hydrogens (tertiary/aromatic N) is 4. The number of hydrogen-bond acceptors (Lipinski definition) is 6. The normalized spacial score (nSPS) is 19.0. The molecule has 2 fully saturated rings. The van der Waals surface area contributed by atoms with Crippen LogP contribution in [0.5, 0.6) is 11.6 Å². The zero-order valence-electron chi connectivity index (χ0n) is 17.9. The van der Waals surface area contributed by atoms with E-state index in [0.717, 1.165) is 18.7 Å². The summed E-state index contributed by atoms with van der Waals surface area (Å²) >= 11 is 0. The van der Waals surface area contributed by atoms with Crippen molar-refractivity contribution in [2.24, 2.45) is 0 Å². The van der Waals surface area contributed by atoms with Crippen LogP contribution >= 0.6 is 0 Å². The van der Waals surface area contributed by atoms with Crippen LogP contribution < -0.4 is 10.1 Å². The minimum atomic E-state index is -4.47. The molecule has 2 aliphatic heterocycles. The molecule has 2 saturated heterocycles. The summed E-state index contributed by atoms with van der Waals surface area (Å²) < 4.78 is 43.6. The number of pyridine rings is 2. The van der Waals surface area contributed by atoms with Gasteiger partial charge < -0.3 is 15.0 Å². The van der Waals surface area contributed by atoms with E-state index < -0.39 is 11.7 Å². The molecule has 0 bridgehead atoms. The molecule has 11 heteroatoms. The lowest BCUT2D eigenvalue weighted by molar-refractivity contribution is -0.137. The molecule has 2 aliphatic rings. The second kappa shape index (κ2) is 8.56. The van der Waals surface area contributed by atoms with Crippen LogP contribution in [0.25, 0.3) is 10.9 Å². The number of rotatable bonds is 3. The highest BCUT2D eigenvalue weighted by Crippen LogP contribution is 2.30. The third kappa shape index (κ3) is 4.38. The first-order valence-corrected chi connectivity index (χ1v) is 10.7. The van der Waals surface area contributed by atoms with Crippen molar-refractivity contribution in [2.45, 2.75) is 12.2 Å². The number of benzene rings is 1. The fourth-order valence-corrected chi connectivity index (χ4v) is 4.14. The van der Waals surface area contributed by atoms with E-state index in [2.05, 4.69) is 20.2 Å². The first kappa shape index (κ1) is 22.1. The Bertz CT molecular complexity index is 1250. The number of hydrogen-bond donors (Lipinski definition) is 1. The van der Waals surface area contributed by atoms with Gasteiger partial charge >= 0.3 is 6.18 Å². The Balaban J connectivity index is 1.30. The molecule has 1 atom stereocenters. The molecule has 0 aliphatic carbocycles. The average Bonchev–Trinajstić information content (AvgIpc) is 2.83. The summed E-state index contributed by atoms with van der Waals surface area (Å²) in [6, 6.07) is 9.99. The highest BCUT2D eigenvalue weighted by atomic mass is 19.4. The van der Waals surface area contributed by atoms with Gasteiger partial charge in [-0.15, -0.1) is 0 Å². The summed E-state index contributed by atoms with van der Waals surface area (Å²) in [4.78, 5) is 37.1. The minimum absolute atomic E-state index is 0.0259. The predicted molar refractivity (Wildman–Crippen MR) is 115 cm³/mol. The maximum Gasteiger partial charge on any atom is 0.417 e. The van der Waals surface area contributed by atoms with Gasteiger partial charge in [-0.3, -0.25) is 14.5 Å². The van der Waals surface area contributed by atoms with Crippen molar-refractivity contribution in [2.75, 3.05) is 32.7 Å². The molecule has 1 unspecified atom stereocenters. The van der Waals surface area contributed by atoms with E-state index in [9.17, 15) is 22.8 Å². The van der Waals surface area contributed by atoms with Crippen LogP contribution in [0.3, 0.4) is 0 Å². The number of amides is 2. The van der Waals surface area contributed by atoms with Crippen LogP contribution in [0.1, 0.15) is 16.1 Å². The van der Waals surface area contributed by atoms with E-state index in [0.29, 0.717) is 49.0 Å². The molecule has 0 saturated carbocycles. The lowest BCUT2D eigenvalue weighted by atomic mass is 10.1. The molecule has 176 valence electrons. The molecular formula is C23H20F3N5O3. The Morgan fingerprint density at radius 1 is 1.09 bits per heavy atom. The van der Waals surface area contributed by atoms with Crippen molar-refractivity contribution in [3.63, 3.8) is 0 Å². The number of nitrogens with one attached hydrogen (secondary N) is 1. The molecule has 0 spiro atoms. The van der Waals surface area contributed by atoms with Crippen LogP contribution in [-0.4, -0.2) is 70.3 Å². The highest BCUT2D eigenvalue weighted by Gasteiger charge is 2.36. The van der Waals surface area contributed by atoms with Crippen LogP contribution in [0.4, 0.5) is 13.2 Å². The maximum atomic E-state index is 13.0. The molecule has 8 nitrogen and oxygen atoms in total. The van der Waals surface area contributed by atoms with Gasteiger partial charge in [0, 0.05) is 50.4 Å². The van der Waals surface area contributed by atoms with Gasteiger partial charge in [0.1, 0.15) is 17.5 Å². The predicted octanol–water partition coefficient (Wildman–Crippen LogP) is 2.70. The van der Waals surface area contributed by atoms with Gasteiger partial charge in [-0.05, 0) is 30.3 Å². The van der Waals surface area contributed by atoms with E-state index in [-0.39, 0.29) is 29.4 Å². The first-order chi connectivity index (χ1) is 16.3. The lowest BCUT2D eigenvalue weighted by Gasteiger charge is -2.42. The molecule has 0 radical (unpaired) electrons. The second-order valence-corrected chi connectivity index (χ2v) is 8.13. The van der Waals surface area contributed by atoms with Gasteiger partial charge in [0.2, 0.25) is 11.8 Å². The van der Waals surface area contributed by atoms with Crippen molar-refractivity contribution < 1.29 is 27.5 Å². The largest absolute Gasteiger partial charge is 0.439 e. The quantitative estimate of drug-likeness (QED) is 0.632. The number of carbonyl (C=O) groups excluding carboxylic acids is 2. The number of fused-ring (bicyclic) bond motifs is 2. The Kier molecular flexibility index (Phi) is 5.56. The zero-order chi connectivity index (χ0) is 23.9. The van der Waals surface area contributed by atoms with Gasteiger partial charge in [-0.25, -0.2) is 9.97 Å². The summed E-state index contributed by atoms with van der Waals surface area (Å²) in [6.45, 7) is 2.87. The first-order valence-electron chi connectivity index (χ1n) is 10.7. The number of piperazine rings is 2. The SMILES string of the molecule is O=C1NCCN2CCN(C(=O)c3ccc4cc(Oc5ccc(C(F)(F)F)cn5)ccc4n3)CC12. The van der Waals surface area contributed by atoms with Crippen LogP contribution in [-0.2, 0) is 11.0 Å². The molecule has 5 rings (SSSR count). The summed E-state index contributed by atoms with van der Waals surface area (Å²) in [5.41, 5.74) is -0.0202. The van der Waals surface area contributed by atoms with Crippen molar-refractivity contribution in [1.82, 2.24) is 25.1 Å². The fourth-order valence-electron chi connectivity index (χ4n) is 4.14. The third-order valence-corrected chi connectivity index (χ3v) is 5.95. The molecular weight excluding hydrogens is 451 g/mol. The lowest BCUT2D eigenvalue weighted by Crippen LogP contribution is -2.64. The Morgan fingerprint density at radius 2 is 1.94 bits per heavy atom. The average molecular weight is 471 g/mol. The van der Waals surface area contributed by atoms with E-state index in [1.807, 2.05) is 0 Å². The molecule has 34 heavy (non-hydrogen) atoms. The summed E-state index contributed by atoms with van der Waals surface area (Å²) in [6.07, 6.45) is -3.75. The minimum Gasteiger partial charge on any atom is -0.439 e. The van der Waals surface area contributed by atoms with Crippen LogP contribution in [0.15, 0.2) is 48.7 Å². The van der Waals surface area contributed by atoms with E-state index in [1.165, 1.54) is 0 Å². The Hall–Kier alpha value is -3.73. The van der Waals surface area contributed by atoms with Gasteiger partial charge in [-0.2, -0.15) is 13.2 Å². The fraction of sp³-hybridized carbons (Fsp3) is 0.304. The smallest absolute Gasteiger partial charge is 0.417 e. The Labute approximate surface area is 192 Å². The number of aromatic nitrogens is 2. The number of alkyl halides is 3. The van der Waals surface area contributed by atoms with Crippen molar-refractivity contribution in [3.05, 3.63) is 59.9 Å². The zero-order valence-corrected chi connectivity index (χ0v) is 17.9. The van der Waals surface area contributed by atoms with Crippen LogP contribution in [0, 0.1) is 0 Å². The second-order valence-electron chi connectivity index (χ2n) is 8.13. The van der Waals surface area contributed by atoms with Gasteiger partial charge in [0.15, 0.2) is 0 Å². The summed E-state index contributed by atoms with van der Waals surface area (Å²) in [5.74, 6) is 0.0950. The monoisotopic (exact) mass is 471 g/mol. The van der Waals surface area contributed by atoms with Gasteiger partial charge in [0.25, 0.3) is 5.91 Å². The van der Waals surface area contributed by atoms with Crippen molar-refractivity contribution >= 4 is 22.7 Å². The number of carbonyl (C=O) groups is 2. The van der Waals surface area contributed by atoms with Gasteiger partial charge in [0.05, 0.1) is 11.1 Å². The third-order valence-electron chi connectivity index (χ3n) is 5.95. The summed E-state index contributed by atoms with van der Waals surface area (Å²) in [5, 5.41) is 3.53. The summed E-state index contributed by atoms with van der Waals surface area (Å²) in [7, 11) is 0. The van der Waals surface area contributed by atoms with Crippen molar-refractivity contribution in [3.8, 4) is 11.6 Å². The maximum absolute atomic E-state index is 13.0. The molecule has 1 N–H and O–H groups in total. The standard InChI is InChI=1S/C23H20F3N5O3/c24-23(25,26)15-2-6-20(28-12-15)34-16-3-5-17-14(11-16)1-4-18(29-17)22(33)31-10-9-30-8-7-27-21(32)19(30)13-31/h1-6,11-12,19H,7-10,13H2,(H,27,32). The number of halogens is 3. The van der Waals surface area contributed by atoms with Crippen LogP contribution in [0.2, 0.25) is 0 Å². The molecule has 2 aromatic heterocycles. The van der Waals surface area contributed by atoms with E-state index >= 15 is 0 Å². The molecule has 3 aromatic rings. The number of ether oxygens (including phenoxy) is 1. The molecule has 2 amide bonds.